The van der Waals surface area contributed by atoms with Gasteiger partial charge >= 0.3 is 5.97 Å². The zero-order valence-corrected chi connectivity index (χ0v) is 14.5. The molecule has 0 saturated carbocycles. The van der Waals surface area contributed by atoms with Crippen molar-refractivity contribution in [3.63, 3.8) is 0 Å². The molecule has 25 heavy (non-hydrogen) atoms. The van der Waals surface area contributed by atoms with Crippen LogP contribution < -0.4 is 10.6 Å². The highest BCUT2D eigenvalue weighted by atomic mass is 32.1. The average Bonchev–Trinajstić information content (AvgIpc) is 3.07. The molecule has 2 aromatic rings. The first-order valence-corrected chi connectivity index (χ1v) is 8.75. The molecule has 1 aliphatic heterocycles. The number of carbonyl (C=O) groups excluding carboxylic acids is 3. The lowest BCUT2D eigenvalue weighted by atomic mass is 9.89. The van der Waals surface area contributed by atoms with Crippen LogP contribution in [0.2, 0.25) is 0 Å². The number of rotatable bonds is 5. The molecule has 2 N–H and O–H groups in total. The van der Waals surface area contributed by atoms with Crippen LogP contribution in [0.5, 0.6) is 0 Å². The van der Waals surface area contributed by atoms with Gasteiger partial charge in [0.2, 0.25) is 11.8 Å². The molecule has 0 unspecified atom stereocenters. The van der Waals surface area contributed by atoms with E-state index in [-0.39, 0.29) is 24.2 Å². The van der Waals surface area contributed by atoms with Crippen LogP contribution in [-0.4, -0.2) is 24.9 Å². The van der Waals surface area contributed by atoms with Gasteiger partial charge in [0.1, 0.15) is 4.88 Å². The van der Waals surface area contributed by atoms with E-state index in [4.69, 9.17) is 0 Å². The predicted molar refractivity (Wildman–Crippen MR) is 95.8 cm³/mol. The molecule has 0 saturated heterocycles. The quantitative estimate of drug-likeness (QED) is 0.805. The van der Waals surface area contributed by atoms with E-state index in [1.165, 1.54) is 7.11 Å². The lowest BCUT2D eigenvalue weighted by Crippen LogP contribution is -2.30. The van der Waals surface area contributed by atoms with Crippen LogP contribution in [0.15, 0.2) is 36.4 Å². The second kappa shape index (κ2) is 7.48. The Morgan fingerprint density at radius 1 is 1.28 bits per heavy atom. The normalized spacial score (nSPS) is 15.9. The van der Waals surface area contributed by atoms with Crippen molar-refractivity contribution in [1.82, 2.24) is 0 Å². The van der Waals surface area contributed by atoms with Crippen molar-refractivity contribution >= 4 is 39.8 Å². The van der Waals surface area contributed by atoms with Gasteiger partial charge in [0.05, 0.1) is 12.1 Å². The Kier molecular flexibility index (Phi) is 5.14. The number of esters is 1. The number of nitrogens with one attached hydrogen (secondary N) is 2. The Bertz CT molecular complexity index is 815. The fourth-order valence-electron chi connectivity index (χ4n) is 2.77. The van der Waals surface area contributed by atoms with Gasteiger partial charge in [0.25, 0.3) is 0 Å². The summed E-state index contributed by atoms with van der Waals surface area (Å²) in [5, 5.41) is 6.23. The molecular weight excluding hydrogens is 340 g/mol. The van der Waals surface area contributed by atoms with Gasteiger partial charge < -0.3 is 15.4 Å². The second-order valence-electron chi connectivity index (χ2n) is 5.79. The Balaban J connectivity index is 1.53. The Labute approximate surface area is 149 Å². The summed E-state index contributed by atoms with van der Waals surface area (Å²) in [5.41, 5.74) is 1.94. The summed E-state index contributed by atoms with van der Waals surface area (Å²) in [5.74, 6) is -0.863. The van der Waals surface area contributed by atoms with Crippen LogP contribution in [-0.2, 0) is 20.7 Å². The monoisotopic (exact) mass is 358 g/mol. The third-order valence-electron chi connectivity index (χ3n) is 4.09. The number of fused-ring (bicyclic) bond motifs is 1. The van der Waals surface area contributed by atoms with Crippen LogP contribution >= 0.6 is 11.3 Å². The maximum atomic E-state index is 12.1. The van der Waals surface area contributed by atoms with Crippen LogP contribution in [0.1, 0.15) is 28.1 Å². The van der Waals surface area contributed by atoms with Crippen molar-refractivity contribution in [2.75, 3.05) is 17.7 Å². The smallest absolute Gasteiger partial charge is 0.348 e. The van der Waals surface area contributed by atoms with Crippen LogP contribution in [0.25, 0.3) is 0 Å². The van der Waals surface area contributed by atoms with E-state index in [1.807, 2.05) is 24.3 Å². The number of hydrogen-bond acceptors (Lipinski definition) is 5. The van der Waals surface area contributed by atoms with Crippen LogP contribution in [0.3, 0.4) is 0 Å². The molecule has 0 radical (unpaired) electrons. The maximum absolute atomic E-state index is 12.1. The minimum absolute atomic E-state index is 0.0457. The summed E-state index contributed by atoms with van der Waals surface area (Å²) < 4.78 is 4.64. The fraction of sp³-hybridized carbons (Fsp3) is 0.278. The molecule has 2 heterocycles. The van der Waals surface area contributed by atoms with E-state index in [0.29, 0.717) is 22.7 Å². The van der Waals surface area contributed by atoms with Crippen LogP contribution in [0.4, 0.5) is 10.7 Å². The standard InChI is InChI=1S/C18H18N2O4S/c1-24-18(23)14-7-9-16(25-14)20-15(21)8-6-12-10-11-4-2-3-5-13(11)19-17(12)22/h2-5,7,9,12H,6,8,10H2,1H3,(H,19,22)(H,20,21)/t12-/m0/s1. The Hall–Kier alpha value is -2.67. The predicted octanol–water partition coefficient (Wildman–Crippen LogP) is 3.06. The van der Waals surface area contributed by atoms with Crippen molar-refractivity contribution in [3.8, 4) is 0 Å². The first kappa shape index (κ1) is 17.2. The largest absolute Gasteiger partial charge is 0.465 e. The number of anilines is 2. The highest BCUT2D eigenvalue weighted by Crippen LogP contribution is 2.28. The highest BCUT2D eigenvalue weighted by molar-refractivity contribution is 7.18. The molecule has 3 rings (SSSR count). The number of ether oxygens (including phenoxy) is 1. The molecule has 0 aliphatic carbocycles. The van der Waals surface area contributed by atoms with Crippen molar-refractivity contribution in [2.24, 2.45) is 5.92 Å². The molecule has 1 aliphatic rings. The van der Waals surface area contributed by atoms with Crippen molar-refractivity contribution in [1.29, 1.82) is 0 Å². The molecular formula is C18H18N2O4S. The van der Waals surface area contributed by atoms with Gasteiger partial charge in [-0.3, -0.25) is 9.59 Å². The molecule has 1 aromatic heterocycles. The molecule has 0 fully saturated rings. The van der Waals surface area contributed by atoms with E-state index < -0.39 is 5.97 Å². The number of thiophene rings is 1. The molecule has 0 spiro atoms. The number of amides is 2. The molecule has 6 nitrogen and oxygen atoms in total. The van der Waals surface area contributed by atoms with Crippen molar-refractivity contribution in [2.45, 2.75) is 19.3 Å². The minimum atomic E-state index is -0.428. The van der Waals surface area contributed by atoms with Crippen molar-refractivity contribution < 1.29 is 19.1 Å². The maximum Gasteiger partial charge on any atom is 0.348 e. The molecule has 1 aromatic carbocycles. The Morgan fingerprint density at radius 3 is 2.88 bits per heavy atom. The third kappa shape index (κ3) is 4.06. The summed E-state index contributed by atoms with van der Waals surface area (Å²) in [6.07, 6.45) is 1.35. The van der Waals surface area contributed by atoms with Gasteiger partial charge in [0, 0.05) is 18.0 Å². The van der Waals surface area contributed by atoms with Gasteiger partial charge in [-0.1, -0.05) is 18.2 Å². The minimum Gasteiger partial charge on any atom is -0.465 e. The second-order valence-corrected chi connectivity index (χ2v) is 6.87. The van der Waals surface area contributed by atoms with Gasteiger partial charge in [-0.15, -0.1) is 11.3 Å². The summed E-state index contributed by atoms with van der Waals surface area (Å²) in [7, 11) is 1.31. The first-order valence-electron chi connectivity index (χ1n) is 7.93. The zero-order chi connectivity index (χ0) is 17.8. The van der Waals surface area contributed by atoms with E-state index >= 15 is 0 Å². The lowest BCUT2D eigenvalue weighted by molar-refractivity contribution is -0.121. The molecule has 0 bridgehead atoms. The molecule has 1 atom stereocenters. The topological polar surface area (TPSA) is 84.5 Å². The fourth-order valence-corrected chi connectivity index (χ4v) is 3.61. The van der Waals surface area contributed by atoms with Gasteiger partial charge in [-0.25, -0.2) is 4.79 Å². The molecule has 2 amide bonds. The summed E-state index contributed by atoms with van der Waals surface area (Å²) in [6, 6.07) is 11.0. The van der Waals surface area contributed by atoms with Gasteiger partial charge in [0.15, 0.2) is 0 Å². The van der Waals surface area contributed by atoms with E-state index in [0.717, 1.165) is 22.6 Å². The number of carbonyl (C=O) groups is 3. The van der Waals surface area contributed by atoms with Crippen LogP contribution in [0, 0.1) is 5.92 Å². The first-order chi connectivity index (χ1) is 12.1. The van der Waals surface area contributed by atoms with E-state index in [9.17, 15) is 14.4 Å². The number of methoxy groups -OCH3 is 1. The number of para-hydroxylation sites is 1. The third-order valence-corrected chi connectivity index (χ3v) is 5.07. The lowest BCUT2D eigenvalue weighted by Gasteiger charge is -2.24. The highest BCUT2D eigenvalue weighted by Gasteiger charge is 2.26. The summed E-state index contributed by atoms with van der Waals surface area (Å²) in [4.78, 5) is 36.1. The molecule has 7 heteroatoms. The zero-order valence-electron chi connectivity index (χ0n) is 13.7. The van der Waals surface area contributed by atoms with Crippen molar-refractivity contribution in [3.05, 3.63) is 46.8 Å². The van der Waals surface area contributed by atoms with E-state index in [1.54, 1.807) is 12.1 Å². The average molecular weight is 358 g/mol. The van der Waals surface area contributed by atoms with Gasteiger partial charge in [-0.05, 0) is 36.6 Å². The van der Waals surface area contributed by atoms with E-state index in [2.05, 4.69) is 15.4 Å². The summed E-state index contributed by atoms with van der Waals surface area (Å²) in [6.45, 7) is 0. The summed E-state index contributed by atoms with van der Waals surface area (Å²) >= 11 is 1.16. The number of hydrogen-bond donors (Lipinski definition) is 2. The Morgan fingerprint density at radius 2 is 2.08 bits per heavy atom. The number of benzene rings is 1. The van der Waals surface area contributed by atoms with Gasteiger partial charge in [-0.2, -0.15) is 0 Å². The molecule has 130 valence electrons. The SMILES string of the molecule is COC(=O)c1ccc(NC(=O)CC[C@H]2Cc3ccccc3NC2=O)s1.